The molecule has 2 rings (SSSR count). The Bertz CT molecular complexity index is 547. The number of hydrogen-bond acceptors (Lipinski definition) is 1. The quantitative estimate of drug-likeness (QED) is 0.707. The van der Waals surface area contributed by atoms with Crippen molar-refractivity contribution in [2.75, 3.05) is 0 Å². The second-order valence-corrected chi connectivity index (χ2v) is 3.62. The van der Waals surface area contributed by atoms with Gasteiger partial charge in [0.05, 0.1) is 0 Å². The van der Waals surface area contributed by atoms with Crippen LogP contribution in [-0.2, 0) is 0 Å². The first kappa shape index (κ1) is 10.7. The highest BCUT2D eigenvalue weighted by Gasteiger charge is 2.20. The number of ketones is 1. The van der Waals surface area contributed by atoms with Gasteiger partial charge in [-0.15, -0.1) is 0 Å². The van der Waals surface area contributed by atoms with E-state index in [4.69, 9.17) is 0 Å². The van der Waals surface area contributed by atoms with Crippen molar-refractivity contribution in [3.63, 3.8) is 0 Å². The average Bonchev–Trinajstić information content (AvgIpc) is 2.29. The van der Waals surface area contributed by atoms with Crippen LogP contribution in [0.1, 0.15) is 15.9 Å². The van der Waals surface area contributed by atoms with Crippen molar-refractivity contribution in [3.8, 4) is 0 Å². The van der Waals surface area contributed by atoms with Gasteiger partial charge in [-0.3, -0.25) is 4.79 Å². The van der Waals surface area contributed by atoms with E-state index in [0.29, 0.717) is 5.56 Å². The SMILES string of the molecule is Cc1c(C(=O)C(F)F)ccc2ccccc12. The third kappa shape index (κ3) is 1.69. The minimum absolute atomic E-state index is 0.105. The predicted octanol–water partition coefficient (Wildman–Crippen LogP) is 3.60. The fourth-order valence-corrected chi connectivity index (χ4v) is 1.81. The minimum atomic E-state index is -2.94. The lowest BCUT2D eigenvalue weighted by molar-refractivity contribution is 0.0678. The van der Waals surface area contributed by atoms with Gasteiger partial charge in [-0.25, -0.2) is 8.78 Å². The molecule has 0 unspecified atom stereocenters. The van der Waals surface area contributed by atoms with Crippen LogP contribution in [0.25, 0.3) is 10.8 Å². The van der Waals surface area contributed by atoms with Gasteiger partial charge >= 0.3 is 6.43 Å². The topological polar surface area (TPSA) is 17.1 Å². The molecular formula is C13H10F2O. The number of carbonyl (C=O) groups is 1. The first-order valence-corrected chi connectivity index (χ1v) is 4.92. The van der Waals surface area contributed by atoms with Crippen LogP contribution in [0.3, 0.4) is 0 Å². The van der Waals surface area contributed by atoms with Crippen molar-refractivity contribution in [1.29, 1.82) is 0 Å². The van der Waals surface area contributed by atoms with Crippen molar-refractivity contribution in [2.24, 2.45) is 0 Å². The third-order valence-electron chi connectivity index (χ3n) is 2.66. The van der Waals surface area contributed by atoms with Gasteiger partial charge in [0.1, 0.15) is 0 Å². The Morgan fingerprint density at radius 2 is 1.81 bits per heavy atom. The van der Waals surface area contributed by atoms with E-state index < -0.39 is 12.2 Å². The zero-order valence-corrected chi connectivity index (χ0v) is 8.71. The summed E-state index contributed by atoms with van der Waals surface area (Å²) < 4.78 is 24.7. The number of hydrogen-bond donors (Lipinski definition) is 0. The number of aryl methyl sites for hydroxylation is 1. The van der Waals surface area contributed by atoms with Crippen LogP contribution in [0, 0.1) is 6.92 Å². The molecule has 0 aliphatic rings. The Hall–Kier alpha value is -1.77. The van der Waals surface area contributed by atoms with Gasteiger partial charge < -0.3 is 0 Å². The van der Waals surface area contributed by atoms with E-state index in [9.17, 15) is 13.6 Å². The highest BCUT2D eigenvalue weighted by Crippen LogP contribution is 2.23. The summed E-state index contributed by atoms with van der Waals surface area (Å²) in [6, 6.07) is 10.6. The lowest BCUT2D eigenvalue weighted by Crippen LogP contribution is -2.11. The lowest BCUT2D eigenvalue weighted by atomic mass is 9.98. The number of Topliss-reactive ketones (excluding diaryl/α,β-unsaturated/α-hetero) is 1. The van der Waals surface area contributed by atoms with E-state index in [1.165, 1.54) is 6.07 Å². The van der Waals surface area contributed by atoms with Crippen LogP contribution in [0.2, 0.25) is 0 Å². The number of carbonyl (C=O) groups excluding carboxylic acids is 1. The molecule has 3 heteroatoms. The molecule has 0 spiro atoms. The molecule has 0 aromatic heterocycles. The van der Waals surface area contributed by atoms with Crippen LogP contribution in [0.4, 0.5) is 8.78 Å². The van der Waals surface area contributed by atoms with E-state index in [1.807, 2.05) is 24.3 Å². The Kier molecular flexibility index (Phi) is 2.69. The van der Waals surface area contributed by atoms with Crippen molar-refractivity contribution in [2.45, 2.75) is 13.3 Å². The molecule has 2 aromatic carbocycles. The molecular weight excluding hydrogens is 210 g/mol. The van der Waals surface area contributed by atoms with Crippen molar-refractivity contribution in [3.05, 3.63) is 47.5 Å². The van der Waals surface area contributed by atoms with Gasteiger partial charge in [-0.1, -0.05) is 36.4 Å². The fraction of sp³-hybridized carbons (Fsp3) is 0.154. The maximum atomic E-state index is 12.3. The van der Waals surface area contributed by atoms with E-state index in [0.717, 1.165) is 10.8 Å². The normalized spacial score (nSPS) is 11.0. The highest BCUT2D eigenvalue weighted by atomic mass is 19.3. The predicted molar refractivity (Wildman–Crippen MR) is 59.0 cm³/mol. The van der Waals surface area contributed by atoms with Crippen LogP contribution in [0.5, 0.6) is 0 Å². The summed E-state index contributed by atoms with van der Waals surface area (Å²) in [6.45, 7) is 1.69. The van der Waals surface area contributed by atoms with Crippen LogP contribution >= 0.6 is 0 Å². The summed E-state index contributed by atoms with van der Waals surface area (Å²) in [4.78, 5) is 11.3. The summed E-state index contributed by atoms with van der Waals surface area (Å²) in [6.07, 6.45) is -2.94. The molecule has 0 aliphatic carbocycles. The summed E-state index contributed by atoms with van der Waals surface area (Å²) in [5.41, 5.74) is 0.720. The van der Waals surface area contributed by atoms with Gasteiger partial charge in [0.2, 0.25) is 5.78 Å². The van der Waals surface area contributed by atoms with Gasteiger partial charge in [-0.2, -0.15) is 0 Å². The Morgan fingerprint density at radius 3 is 2.50 bits per heavy atom. The highest BCUT2D eigenvalue weighted by molar-refractivity contribution is 6.04. The molecule has 0 saturated heterocycles. The van der Waals surface area contributed by atoms with E-state index in [1.54, 1.807) is 13.0 Å². The average molecular weight is 220 g/mol. The van der Waals surface area contributed by atoms with Crippen LogP contribution in [-0.4, -0.2) is 12.2 Å². The standard InChI is InChI=1S/C13H10F2O/c1-8-10-5-3-2-4-9(10)6-7-11(8)12(16)13(14)15/h2-7,13H,1H3. The molecule has 0 N–H and O–H groups in total. The third-order valence-corrected chi connectivity index (χ3v) is 2.66. The summed E-state index contributed by atoms with van der Waals surface area (Å²) >= 11 is 0. The molecule has 16 heavy (non-hydrogen) atoms. The van der Waals surface area contributed by atoms with Gasteiger partial charge in [-0.05, 0) is 23.3 Å². The molecule has 0 radical (unpaired) electrons. The fourth-order valence-electron chi connectivity index (χ4n) is 1.81. The Labute approximate surface area is 91.7 Å². The van der Waals surface area contributed by atoms with Crippen LogP contribution in [0.15, 0.2) is 36.4 Å². The van der Waals surface area contributed by atoms with E-state index in [2.05, 4.69) is 0 Å². The second-order valence-electron chi connectivity index (χ2n) is 3.62. The van der Waals surface area contributed by atoms with Gasteiger partial charge in [0.15, 0.2) is 0 Å². The monoisotopic (exact) mass is 220 g/mol. The zero-order valence-electron chi connectivity index (χ0n) is 8.71. The zero-order chi connectivity index (χ0) is 11.7. The molecule has 0 saturated carbocycles. The molecule has 0 aliphatic heterocycles. The molecule has 0 amide bonds. The summed E-state index contributed by atoms with van der Waals surface area (Å²) in [5.74, 6) is -1.11. The number of benzene rings is 2. The summed E-state index contributed by atoms with van der Waals surface area (Å²) in [5, 5.41) is 1.79. The molecule has 0 fully saturated rings. The number of halogens is 2. The molecule has 2 aromatic rings. The molecule has 0 bridgehead atoms. The van der Waals surface area contributed by atoms with Crippen molar-refractivity contribution < 1.29 is 13.6 Å². The van der Waals surface area contributed by atoms with Gasteiger partial charge in [0, 0.05) is 5.56 Å². The first-order chi connectivity index (χ1) is 7.61. The smallest absolute Gasteiger partial charge is 0.288 e. The van der Waals surface area contributed by atoms with E-state index >= 15 is 0 Å². The Morgan fingerprint density at radius 1 is 1.12 bits per heavy atom. The second kappa shape index (κ2) is 4.00. The maximum absolute atomic E-state index is 12.3. The molecule has 0 atom stereocenters. The minimum Gasteiger partial charge on any atom is -0.288 e. The number of fused-ring (bicyclic) bond motifs is 1. The number of alkyl halides is 2. The number of rotatable bonds is 2. The first-order valence-electron chi connectivity index (χ1n) is 4.92. The largest absolute Gasteiger partial charge is 0.300 e. The van der Waals surface area contributed by atoms with Gasteiger partial charge in [0.25, 0.3) is 0 Å². The van der Waals surface area contributed by atoms with E-state index in [-0.39, 0.29) is 5.56 Å². The van der Waals surface area contributed by atoms with Crippen LogP contribution < -0.4 is 0 Å². The lowest BCUT2D eigenvalue weighted by Gasteiger charge is -2.07. The Balaban J connectivity index is 2.65. The summed E-state index contributed by atoms with van der Waals surface area (Å²) in [7, 11) is 0. The molecule has 0 heterocycles. The maximum Gasteiger partial charge on any atom is 0.300 e. The van der Waals surface area contributed by atoms with Crippen molar-refractivity contribution >= 4 is 16.6 Å². The molecule has 82 valence electrons. The molecule has 1 nitrogen and oxygen atoms in total. The van der Waals surface area contributed by atoms with Crippen molar-refractivity contribution in [1.82, 2.24) is 0 Å².